The van der Waals surface area contributed by atoms with Gasteiger partial charge in [0, 0.05) is 12.8 Å². The van der Waals surface area contributed by atoms with Crippen molar-refractivity contribution >= 4 is 8.07 Å². The summed E-state index contributed by atoms with van der Waals surface area (Å²) in [5, 5.41) is 0. The van der Waals surface area contributed by atoms with Gasteiger partial charge in [-0.05, 0) is 36.9 Å². The van der Waals surface area contributed by atoms with E-state index in [2.05, 4.69) is 32.2 Å². The maximum absolute atomic E-state index is 5.82. The van der Waals surface area contributed by atoms with Crippen LogP contribution in [0.5, 0.6) is 0 Å². The van der Waals surface area contributed by atoms with Gasteiger partial charge in [-0.25, -0.2) is 0 Å². The highest BCUT2D eigenvalue weighted by Gasteiger charge is 2.40. The van der Waals surface area contributed by atoms with Crippen molar-refractivity contribution in [2.24, 2.45) is 5.92 Å². The summed E-state index contributed by atoms with van der Waals surface area (Å²) < 4.78 is 17.4. The fourth-order valence-corrected chi connectivity index (χ4v) is 6.06. The van der Waals surface area contributed by atoms with Crippen LogP contribution in [0.4, 0.5) is 0 Å². The fourth-order valence-electron chi connectivity index (χ4n) is 3.59. The Morgan fingerprint density at radius 1 is 1.05 bits per heavy atom. The third-order valence-corrected chi connectivity index (χ3v) is 10.4. The van der Waals surface area contributed by atoms with E-state index in [1.807, 2.05) is 0 Å². The molecule has 0 amide bonds. The van der Waals surface area contributed by atoms with Crippen LogP contribution in [0, 0.1) is 17.4 Å². The molecule has 0 N–H and O–H groups in total. The predicted octanol–water partition coefficient (Wildman–Crippen LogP) is 3.99. The van der Waals surface area contributed by atoms with Gasteiger partial charge >= 0.3 is 0 Å². The van der Waals surface area contributed by atoms with Gasteiger partial charge in [-0.15, -0.1) is 5.54 Å². The van der Waals surface area contributed by atoms with E-state index >= 15 is 0 Å². The van der Waals surface area contributed by atoms with E-state index in [-0.39, 0.29) is 5.79 Å². The highest BCUT2D eigenvalue weighted by atomic mass is 28.3. The molecule has 3 nitrogen and oxygen atoms in total. The number of hydrogen-bond acceptors (Lipinski definition) is 3. The average Bonchev–Trinajstić information content (AvgIpc) is 3.02. The normalized spacial score (nSPS) is 21.8. The summed E-state index contributed by atoms with van der Waals surface area (Å²) in [5.74, 6) is 3.71. The average molecular weight is 325 g/mol. The molecule has 1 aliphatic heterocycles. The lowest BCUT2D eigenvalue weighted by atomic mass is 9.85. The van der Waals surface area contributed by atoms with Crippen molar-refractivity contribution in [1.82, 2.24) is 0 Å². The molecule has 22 heavy (non-hydrogen) atoms. The first-order chi connectivity index (χ1) is 10.7. The van der Waals surface area contributed by atoms with Gasteiger partial charge in [-0.3, -0.25) is 0 Å². The quantitative estimate of drug-likeness (QED) is 0.420. The molecule has 0 aromatic carbocycles. The molecule has 0 atom stereocenters. The second kappa shape index (κ2) is 8.49. The molecule has 1 spiro atoms. The van der Waals surface area contributed by atoms with E-state index in [9.17, 15) is 0 Å². The van der Waals surface area contributed by atoms with Gasteiger partial charge in [0.15, 0.2) is 5.79 Å². The second-order valence-electron chi connectivity index (χ2n) is 6.71. The van der Waals surface area contributed by atoms with Gasteiger partial charge in [0.25, 0.3) is 0 Å². The molecule has 0 unspecified atom stereocenters. The van der Waals surface area contributed by atoms with E-state index in [4.69, 9.17) is 14.2 Å². The largest absolute Gasteiger partial charge is 0.369 e. The summed E-state index contributed by atoms with van der Waals surface area (Å²) >= 11 is 0. The van der Waals surface area contributed by atoms with Crippen molar-refractivity contribution < 1.29 is 14.2 Å². The standard InChI is InChI=1S/C18H32O3Si/c1-4-22(5-2,6-3)15-7-12-19-16-17-8-10-18(11-9-17)20-13-14-21-18/h17H,4-6,8-14,16H2,1-3H3. The maximum Gasteiger partial charge on any atom is 0.168 e. The molecule has 2 aliphatic rings. The molecule has 2 fully saturated rings. The first-order valence-corrected chi connectivity index (χ1v) is 11.7. The molecule has 1 saturated carbocycles. The zero-order valence-corrected chi connectivity index (χ0v) is 15.6. The second-order valence-corrected chi connectivity index (χ2v) is 11.6. The summed E-state index contributed by atoms with van der Waals surface area (Å²) in [4.78, 5) is 0. The van der Waals surface area contributed by atoms with E-state index in [0.717, 1.165) is 45.5 Å². The van der Waals surface area contributed by atoms with Crippen LogP contribution in [0.2, 0.25) is 18.1 Å². The minimum absolute atomic E-state index is 0.245. The molecule has 2 rings (SSSR count). The Morgan fingerprint density at radius 3 is 2.18 bits per heavy atom. The minimum Gasteiger partial charge on any atom is -0.369 e. The Kier molecular flexibility index (Phi) is 6.95. The van der Waals surface area contributed by atoms with Gasteiger partial charge in [-0.2, -0.15) is 0 Å². The van der Waals surface area contributed by atoms with Crippen LogP contribution < -0.4 is 0 Å². The van der Waals surface area contributed by atoms with Gasteiger partial charge in [-0.1, -0.05) is 26.7 Å². The molecular weight excluding hydrogens is 292 g/mol. The molecule has 0 bridgehead atoms. The SMILES string of the molecule is CC[Si](C#CCOCC1CCC2(CC1)OCCO2)(CC)CC. The molecule has 1 heterocycles. The van der Waals surface area contributed by atoms with E-state index in [1.54, 1.807) is 0 Å². The van der Waals surface area contributed by atoms with Crippen LogP contribution in [0.15, 0.2) is 0 Å². The number of rotatable bonds is 6. The molecule has 1 saturated heterocycles. The van der Waals surface area contributed by atoms with Crippen molar-refractivity contribution in [2.75, 3.05) is 26.4 Å². The molecule has 126 valence electrons. The number of ether oxygens (including phenoxy) is 3. The van der Waals surface area contributed by atoms with Crippen molar-refractivity contribution in [3.05, 3.63) is 0 Å². The molecule has 1 aliphatic carbocycles. The zero-order valence-electron chi connectivity index (χ0n) is 14.6. The zero-order chi connectivity index (χ0) is 15.9. The third-order valence-electron chi connectivity index (χ3n) is 5.59. The maximum atomic E-state index is 5.82. The Balaban J connectivity index is 1.66. The topological polar surface area (TPSA) is 27.7 Å². The summed E-state index contributed by atoms with van der Waals surface area (Å²) in [6.45, 7) is 9.83. The van der Waals surface area contributed by atoms with Crippen LogP contribution in [-0.2, 0) is 14.2 Å². The van der Waals surface area contributed by atoms with E-state index in [0.29, 0.717) is 12.5 Å². The lowest BCUT2D eigenvalue weighted by Crippen LogP contribution is -2.36. The fraction of sp³-hybridized carbons (Fsp3) is 0.889. The smallest absolute Gasteiger partial charge is 0.168 e. The van der Waals surface area contributed by atoms with Crippen LogP contribution >= 0.6 is 0 Å². The van der Waals surface area contributed by atoms with Crippen molar-refractivity contribution in [3.63, 3.8) is 0 Å². The Labute approximate surface area is 137 Å². The first kappa shape index (κ1) is 18.0. The van der Waals surface area contributed by atoms with E-state index < -0.39 is 8.07 Å². The highest BCUT2D eigenvalue weighted by molar-refractivity contribution is 6.87. The monoisotopic (exact) mass is 324 g/mol. The Hall–Kier alpha value is -0.343. The summed E-state index contributed by atoms with van der Waals surface area (Å²) in [5.41, 5.74) is 3.58. The number of hydrogen-bond donors (Lipinski definition) is 0. The lowest BCUT2D eigenvalue weighted by molar-refractivity contribution is -0.184. The molecule has 4 heteroatoms. The summed E-state index contributed by atoms with van der Waals surface area (Å²) in [6, 6.07) is 3.78. The lowest BCUT2D eigenvalue weighted by Gasteiger charge is -2.35. The van der Waals surface area contributed by atoms with Gasteiger partial charge < -0.3 is 14.2 Å². The predicted molar refractivity (Wildman–Crippen MR) is 92.4 cm³/mol. The van der Waals surface area contributed by atoms with Crippen LogP contribution in [0.1, 0.15) is 46.5 Å². The van der Waals surface area contributed by atoms with Crippen LogP contribution in [-0.4, -0.2) is 40.3 Å². The Morgan fingerprint density at radius 2 is 1.64 bits per heavy atom. The summed E-state index contributed by atoms with van der Waals surface area (Å²) in [7, 11) is -1.30. The summed E-state index contributed by atoms with van der Waals surface area (Å²) in [6.07, 6.45) is 4.32. The van der Waals surface area contributed by atoms with Crippen molar-refractivity contribution in [3.8, 4) is 11.5 Å². The van der Waals surface area contributed by atoms with Gasteiger partial charge in [0.05, 0.1) is 19.8 Å². The molecular formula is C18H32O3Si. The first-order valence-electron chi connectivity index (χ1n) is 9.03. The molecule has 0 radical (unpaired) electrons. The van der Waals surface area contributed by atoms with Crippen molar-refractivity contribution in [2.45, 2.75) is 70.4 Å². The minimum atomic E-state index is -1.30. The Bertz CT molecular complexity index is 371. The van der Waals surface area contributed by atoms with Crippen LogP contribution in [0.25, 0.3) is 0 Å². The van der Waals surface area contributed by atoms with Gasteiger partial charge in [0.2, 0.25) is 0 Å². The van der Waals surface area contributed by atoms with Crippen molar-refractivity contribution in [1.29, 1.82) is 0 Å². The molecule has 0 aromatic heterocycles. The molecule has 0 aromatic rings. The third kappa shape index (κ3) is 4.58. The van der Waals surface area contributed by atoms with E-state index in [1.165, 1.54) is 18.1 Å². The van der Waals surface area contributed by atoms with Gasteiger partial charge in [0.1, 0.15) is 14.7 Å². The highest BCUT2D eigenvalue weighted by Crippen LogP contribution is 2.38. The van der Waals surface area contributed by atoms with Crippen LogP contribution in [0.3, 0.4) is 0 Å².